The zero-order valence-electron chi connectivity index (χ0n) is 8.27. The molecule has 0 N–H and O–H groups in total. The molecule has 3 heteroatoms. The first-order valence-electron chi connectivity index (χ1n) is 4.90. The predicted molar refractivity (Wildman–Crippen MR) is 58.6 cm³/mol. The van der Waals surface area contributed by atoms with Gasteiger partial charge in [-0.25, -0.2) is 0 Å². The molecule has 2 nitrogen and oxygen atoms in total. The van der Waals surface area contributed by atoms with E-state index >= 15 is 0 Å². The molecule has 0 unspecified atom stereocenters. The second kappa shape index (κ2) is 12.2. The first kappa shape index (κ1) is 15.7. The standard InChI is InChI=1S/C10H20O2.Mg.2H/c1-3-4-5-6-7-8-9-12-10(2)11;;;/h3-9H2,1-2H3;;;. The summed E-state index contributed by atoms with van der Waals surface area (Å²) >= 11 is 0. The molecule has 0 rings (SSSR count). The lowest BCUT2D eigenvalue weighted by atomic mass is 10.1. The summed E-state index contributed by atoms with van der Waals surface area (Å²) in [6, 6.07) is 0. The Labute approximate surface area is 97.6 Å². The monoisotopic (exact) mass is 198 g/mol. The molecule has 0 aromatic heterocycles. The van der Waals surface area contributed by atoms with Crippen molar-refractivity contribution in [3.8, 4) is 0 Å². The van der Waals surface area contributed by atoms with Gasteiger partial charge in [0.1, 0.15) is 0 Å². The van der Waals surface area contributed by atoms with Gasteiger partial charge in [0, 0.05) is 6.92 Å². The molecule has 76 valence electrons. The lowest BCUT2D eigenvalue weighted by molar-refractivity contribution is -0.141. The van der Waals surface area contributed by atoms with Gasteiger partial charge in [-0.1, -0.05) is 39.0 Å². The van der Waals surface area contributed by atoms with Crippen LogP contribution >= 0.6 is 0 Å². The van der Waals surface area contributed by atoms with E-state index in [1.54, 1.807) is 0 Å². The van der Waals surface area contributed by atoms with Crippen molar-refractivity contribution in [3.63, 3.8) is 0 Å². The molecule has 0 radical (unpaired) electrons. The highest BCUT2D eigenvalue weighted by Gasteiger charge is 1.92. The van der Waals surface area contributed by atoms with Crippen molar-refractivity contribution in [2.75, 3.05) is 6.61 Å². The Kier molecular flexibility index (Phi) is 14.8. The number of esters is 1. The number of hydrogen-bond donors (Lipinski definition) is 0. The fourth-order valence-corrected chi connectivity index (χ4v) is 1.10. The molecule has 0 saturated heterocycles. The topological polar surface area (TPSA) is 26.3 Å². The van der Waals surface area contributed by atoms with Crippen LogP contribution in [0.3, 0.4) is 0 Å². The Morgan fingerprint density at radius 1 is 1.08 bits per heavy atom. The largest absolute Gasteiger partial charge is 0.466 e. The Hall–Kier alpha value is 0.236. The van der Waals surface area contributed by atoms with Crippen LogP contribution in [0.15, 0.2) is 0 Å². The Morgan fingerprint density at radius 2 is 1.62 bits per heavy atom. The van der Waals surface area contributed by atoms with Gasteiger partial charge in [0.15, 0.2) is 0 Å². The minimum atomic E-state index is -0.163. The molecule has 0 atom stereocenters. The number of hydrogen-bond acceptors (Lipinski definition) is 2. The van der Waals surface area contributed by atoms with E-state index < -0.39 is 0 Å². The molecule has 0 aromatic carbocycles. The van der Waals surface area contributed by atoms with Gasteiger partial charge in [-0.2, -0.15) is 0 Å². The minimum Gasteiger partial charge on any atom is -0.466 e. The van der Waals surface area contributed by atoms with Crippen LogP contribution in [0.4, 0.5) is 0 Å². The van der Waals surface area contributed by atoms with Gasteiger partial charge in [0.25, 0.3) is 0 Å². The molecule has 0 fully saturated rings. The Balaban J connectivity index is 0. The van der Waals surface area contributed by atoms with E-state index in [2.05, 4.69) is 6.92 Å². The van der Waals surface area contributed by atoms with Crippen LogP contribution in [0.2, 0.25) is 0 Å². The molecule has 0 aliphatic carbocycles. The van der Waals surface area contributed by atoms with Crippen LogP contribution in [0.1, 0.15) is 52.4 Å². The van der Waals surface area contributed by atoms with Gasteiger partial charge < -0.3 is 4.74 Å². The second-order valence-electron chi connectivity index (χ2n) is 3.11. The van der Waals surface area contributed by atoms with E-state index in [1.807, 2.05) is 0 Å². The van der Waals surface area contributed by atoms with Crippen LogP contribution in [-0.4, -0.2) is 35.6 Å². The molecule has 0 aromatic rings. The first-order chi connectivity index (χ1) is 5.77. The molecule has 0 saturated carbocycles. The van der Waals surface area contributed by atoms with Crippen LogP contribution < -0.4 is 0 Å². The summed E-state index contributed by atoms with van der Waals surface area (Å²) in [5, 5.41) is 0. The normalized spacial score (nSPS) is 9.08. The number of ether oxygens (including phenoxy) is 1. The minimum absolute atomic E-state index is 0. The quantitative estimate of drug-likeness (QED) is 0.355. The summed E-state index contributed by atoms with van der Waals surface area (Å²) in [5.74, 6) is -0.163. The average molecular weight is 199 g/mol. The lowest BCUT2D eigenvalue weighted by Crippen LogP contribution is -1.99. The molecular formula is C10H22MgO2. The van der Waals surface area contributed by atoms with Crippen molar-refractivity contribution in [2.45, 2.75) is 52.4 Å². The predicted octanol–water partition coefficient (Wildman–Crippen LogP) is 1.99. The zero-order chi connectivity index (χ0) is 9.23. The summed E-state index contributed by atoms with van der Waals surface area (Å²) < 4.78 is 4.81. The molecule has 13 heavy (non-hydrogen) atoms. The maximum Gasteiger partial charge on any atom is 0.316 e. The maximum absolute atomic E-state index is 10.4. The van der Waals surface area contributed by atoms with Gasteiger partial charge in [-0.3, -0.25) is 4.79 Å². The second-order valence-corrected chi connectivity index (χ2v) is 3.11. The lowest BCUT2D eigenvalue weighted by Gasteiger charge is -2.01. The Morgan fingerprint density at radius 3 is 2.15 bits per heavy atom. The highest BCUT2D eigenvalue weighted by molar-refractivity contribution is 5.75. The number of rotatable bonds is 7. The summed E-state index contributed by atoms with van der Waals surface area (Å²) in [4.78, 5) is 10.4. The number of carbonyl (C=O) groups is 1. The van der Waals surface area contributed by atoms with E-state index in [1.165, 1.54) is 39.0 Å². The fourth-order valence-electron chi connectivity index (χ4n) is 1.10. The van der Waals surface area contributed by atoms with Gasteiger partial charge >= 0.3 is 29.0 Å². The summed E-state index contributed by atoms with van der Waals surface area (Å²) in [5.41, 5.74) is 0. The van der Waals surface area contributed by atoms with Crippen LogP contribution in [0.25, 0.3) is 0 Å². The van der Waals surface area contributed by atoms with Crippen molar-refractivity contribution >= 4 is 29.0 Å². The van der Waals surface area contributed by atoms with Gasteiger partial charge in [-0.05, 0) is 6.42 Å². The number of carbonyl (C=O) groups excluding carboxylic acids is 1. The van der Waals surface area contributed by atoms with Crippen molar-refractivity contribution < 1.29 is 9.53 Å². The first-order valence-corrected chi connectivity index (χ1v) is 4.90. The summed E-state index contributed by atoms with van der Waals surface area (Å²) in [6.45, 7) is 4.26. The summed E-state index contributed by atoms with van der Waals surface area (Å²) in [7, 11) is 0. The van der Waals surface area contributed by atoms with E-state index in [9.17, 15) is 4.79 Å². The molecule has 0 spiro atoms. The molecule has 0 bridgehead atoms. The fraction of sp³-hybridized carbons (Fsp3) is 0.900. The highest BCUT2D eigenvalue weighted by atomic mass is 24.3. The van der Waals surface area contributed by atoms with E-state index in [4.69, 9.17) is 4.74 Å². The van der Waals surface area contributed by atoms with Crippen molar-refractivity contribution in [3.05, 3.63) is 0 Å². The third-order valence-corrected chi connectivity index (χ3v) is 1.80. The third-order valence-electron chi connectivity index (χ3n) is 1.80. The highest BCUT2D eigenvalue weighted by Crippen LogP contribution is 2.04. The van der Waals surface area contributed by atoms with E-state index in [0.717, 1.165) is 6.42 Å². The van der Waals surface area contributed by atoms with Crippen LogP contribution in [0.5, 0.6) is 0 Å². The molecule has 0 aliphatic heterocycles. The summed E-state index contributed by atoms with van der Waals surface area (Å²) in [6.07, 6.45) is 7.40. The maximum atomic E-state index is 10.4. The Bertz CT molecular complexity index is 115. The van der Waals surface area contributed by atoms with Crippen LogP contribution in [0, 0.1) is 0 Å². The smallest absolute Gasteiger partial charge is 0.316 e. The molecular weight excluding hydrogens is 176 g/mol. The molecule has 0 heterocycles. The number of unbranched alkanes of at least 4 members (excludes halogenated alkanes) is 5. The van der Waals surface area contributed by atoms with Crippen LogP contribution in [-0.2, 0) is 9.53 Å². The zero-order valence-corrected chi connectivity index (χ0v) is 8.27. The van der Waals surface area contributed by atoms with Crippen molar-refractivity contribution in [1.29, 1.82) is 0 Å². The SMILES string of the molecule is CCCCCCCCOC(C)=O.[MgH2]. The van der Waals surface area contributed by atoms with Crippen molar-refractivity contribution in [1.82, 2.24) is 0 Å². The average Bonchev–Trinajstić information content (AvgIpc) is 2.02. The van der Waals surface area contributed by atoms with E-state index in [0.29, 0.717) is 6.61 Å². The molecule has 0 aliphatic rings. The van der Waals surface area contributed by atoms with E-state index in [-0.39, 0.29) is 29.0 Å². The van der Waals surface area contributed by atoms with Crippen molar-refractivity contribution in [2.24, 2.45) is 0 Å². The van der Waals surface area contributed by atoms with Gasteiger partial charge in [0.2, 0.25) is 0 Å². The van der Waals surface area contributed by atoms with Gasteiger partial charge in [0.05, 0.1) is 6.61 Å². The van der Waals surface area contributed by atoms with Gasteiger partial charge in [-0.15, -0.1) is 0 Å². The third kappa shape index (κ3) is 15.0. The molecule has 0 amide bonds.